The van der Waals surface area contributed by atoms with E-state index >= 15 is 0 Å². The van der Waals surface area contributed by atoms with Crippen molar-refractivity contribution in [3.05, 3.63) is 54.2 Å². The van der Waals surface area contributed by atoms with Gasteiger partial charge in [0.15, 0.2) is 6.23 Å². The molecule has 1 saturated heterocycles. The highest BCUT2D eigenvalue weighted by atomic mass is 16.5. The maximum Gasteiger partial charge on any atom is 0.253 e. The second-order valence-electron chi connectivity index (χ2n) is 6.93. The van der Waals surface area contributed by atoms with Gasteiger partial charge in [-0.15, -0.1) is 0 Å². The summed E-state index contributed by atoms with van der Waals surface area (Å²) in [5.41, 5.74) is 3.86. The van der Waals surface area contributed by atoms with Gasteiger partial charge in [-0.1, -0.05) is 24.3 Å². The predicted molar refractivity (Wildman–Crippen MR) is 102 cm³/mol. The summed E-state index contributed by atoms with van der Waals surface area (Å²) in [5.74, 6) is 0.00493. The van der Waals surface area contributed by atoms with Crippen LogP contribution in [0.15, 0.2) is 48.7 Å². The molecular weight excluding hydrogens is 326 g/mol. The number of fused-ring (bicyclic) bond motifs is 1. The summed E-state index contributed by atoms with van der Waals surface area (Å²) in [7, 11) is 3.54. The molecule has 1 aliphatic rings. The molecule has 0 spiro atoms. The molecule has 1 amide bonds. The summed E-state index contributed by atoms with van der Waals surface area (Å²) in [5, 5.41) is 5.69. The Balaban J connectivity index is 1.77. The average Bonchev–Trinajstić information content (AvgIpc) is 3.12. The zero-order valence-electron chi connectivity index (χ0n) is 15.2. The van der Waals surface area contributed by atoms with Crippen LogP contribution in [-0.2, 0) is 4.74 Å². The van der Waals surface area contributed by atoms with Crippen molar-refractivity contribution in [3.8, 4) is 11.1 Å². The fourth-order valence-corrected chi connectivity index (χ4v) is 3.55. The van der Waals surface area contributed by atoms with E-state index in [1.165, 1.54) is 6.42 Å². The molecule has 3 aromatic rings. The molecule has 1 fully saturated rings. The molecule has 26 heavy (non-hydrogen) atoms. The third-order valence-electron chi connectivity index (χ3n) is 4.90. The van der Waals surface area contributed by atoms with Crippen molar-refractivity contribution in [2.45, 2.75) is 25.5 Å². The largest absolute Gasteiger partial charge is 0.356 e. The number of nitrogens with zero attached hydrogens (tertiary/aromatic N) is 3. The van der Waals surface area contributed by atoms with E-state index in [1.54, 1.807) is 19.0 Å². The molecule has 4 rings (SSSR count). The highest BCUT2D eigenvalue weighted by molar-refractivity contribution is 5.98. The minimum atomic E-state index is 0.00493. The summed E-state index contributed by atoms with van der Waals surface area (Å²) in [6.45, 7) is 0.792. The average molecular weight is 349 g/mol. The van der Waals surface area contributed by atoms with Gasteiger partial charge < -0.3 is 9.64 Å². The number of rotatable bonds is 3. The standard InChI is InChI=1S/C21H23N3O2/c1-23(2)21(25)16-8-5-7-15(13-16)17-9-6-10-19-18(17)14-22-24(19)20-11-3-4-12-26-20/h5-10,13-14,20H,3-4,11-12H2,1-2H3. The molecule has 0 bridgehead atoms. The number of carbonyl (C=O) groups excluding carboxylic acids is 1. The van der Waals surface area contributed by atoms with Crippen LogP contribution < -0.4 is 0 Å². The first-order valence-electron chi connectivity index (χ1n) is 9.05. The number of ether oxygens (including phenoxy) is 1. The van der Waals surface area contributed by atoms with Crippen LogP contribution in [0, 0.1) is 0 Å². The molecule has 1 unspecified atom stereocenters. The first kappa shape index (κ1) is 16.8. The Kier molecular flexibility index (Phi) is 4.47. The lowest BCUT2D eigenvalue weighted by molar-refractivity contribution is -0.0366. The van der Waals surface area contributed by atoms with Crippen molar-refractivity contribution in [3.63, 3.8) is 0 Å². The van der Waals surface area contributed by atoms with E-state index in [0.717, 1.165) is 41.5 Å². The van der Waals surface area contributed by atoms with E-state index in [0.29, 0.717) is 5.56 Å². The molecule has 1 aliphatic heterocycles. The van der Waals surface area contributed by atoms with Gasteiger partial charge in [0.25, 0.3) is 5.91 Å². The van der Waals surface area contributed by atoms with Crippen molar-refractivity contribution in [1.29, 1.82) is 0 Å². The van der Waals surface area contributed by atoms with Crippen molar-refractivity contribution in [1.82, 2.24) is 14.7 Å². The Morgan fingerprint density at radius 3 is 2.81 bits per heavy atom. The van der Waals surface area contributed by atoms with Crippen molar-refractivity contribution in [2.24, 2.45) is 0 Å². The molecule has 0 N–H and O–H groups in total. The first-order valence-corrected chi connectivity index (χ1v) is 9.05. The molecule has 0 saturated carbocycles. The van der Waals surface area contributed by atoms with Gasteiger partial charge in [0.2, 0.25) is 0 Å². The third kappa shape index (κ3) is 2.99. The van der Waals surface area contributed by atoms with Gasteiger partial charge in [-0.25, -0.2) is 4.68 Å². The number of aromatic nitrogens is 2. The lowest BCUT2D eigenvalue weighted by Crippen LogP contribution is -2.21. The van der Waals surface area contributed by atoms with Gasteiger partial charge in [0, 0.05) is 31.7 Å². The molecule has 2 aromatic carbocycles. The molecule has 0 aliphatic carbocycles. The maximum absolute atomic E-state index is 12.3. The number of hydrogen-bond acceptors (Lipinski definition) is 3. The van der Waals surface area contributed by atoms with Gasteiger partial charge in [-0.3, -0.25) is 4.79 Å². The monoisotopic (exact) mass is 349 g/mol. The number of hydrogen-bond donors (Lipinski definition) is 0. The van der Waals surface area contributed by atoms with Gasteiger partial charge in [0.1, 0.15) is 0 Å². The van der Waals surface area contributed by atoms with E-state index in [2.05, 4.69) is 17.2 Å². The Hall–Kier alpha value is -2.66. The van der Waals surface area contributed by atoms with E-state index in [-0.39, 0.29) is 12.1 Å². The number of benzene rings is 2. The SMILES string of the molecule is CN(C)C(=O)c1cccc(-c2cccc3c2cnn3C2CCCCO2)c1. The molecular formula is C21H23N3O2. The van der Waals surface area contributed by atoms with Gasteiger partial charge in [-0.05, 0) is 48.6 Å². The molecule has 2 heterocycles. The topological polar surface area (TPSA) is 47.4 Å². The second kappa shape index (κ2) is 6.92. The van der Waals surface area contributed by atoms with E-state index in [1.807, 2.05) is 41.2 Å². The van der Waals surface area contributed by atoms with Crippen LogP contribution in [0.3, 0.4) is 0 Å². The minimum absolute atomic E-state index is 0.00493. The van der Waals surface area contributed by atoms with Crippen LogP contribution in [0.1, 0.15) is 35.8 Å². The van der Waals surface area contributed by atoms with Gasteiger partial charge in [0.05, 0.1) is 11.7 Å². The smallest absolute Gasteiger partial charge is 0.253 e. The molecule has 1 aromatic heterocycles. The van der Waals surface area contributed by atoms with Gasteiger partial charge in [-0.2, -0.15) is 5.10 Å². The van der Waals surface area contributed by atoms with Crippen LogP contribution in [0.25, 0.3) is 22.0 Å². The summed E-state index contributed by atoms with van der Waals surface area (Å²) >= 11 is 0. The van der Waals surface area contributed by atoms with Crippen LogP contribution in [-0.4, -0.2) is 41.3 Å². The van der Waals surface area contributed by atoms with E-state index < -0.39 is 0 Å². The molecule has 5 heteroatoms. The first-order chi connectivity index (χ1) is 12.6. The molecule has 0 radical (unpaired) electrons. The Labute approximate surface area is 153 Å². The Bertz CT molecular complexity index is 939. The predicted octanol–water partition coefficient (Wildman–Crippen LogP) is 4.10. The second-order valence-corrected chi connectivity index (χ2v) is 6.93. The summed E-state index contributed by atoms with van der Waals surface area (Å²) in [6.07, 6.45) is 5.20. The fourth-order valence-electron chi connectivity index (χ4n) is 3.55. The summed E-state index contributed by atoms with van der Waals surface area (Å²) in [4.78, 5) is 13.9. The summed E-state index contributed by atoms with van der Waals surface area (Å²) in [6, 6.07) is 14.0. The lowest BCUT2D eigenvalue weighted by atomic mass is 9.99. The van der Waals surface area contributed by atoms with Gasteiger partial charge >= 0.3 is 0 Å². The van der Waals surface area contributed by atoms with Crippen molar-refractivity contribution >= 4 is 16.8 Å². The Morgan fingerprint density at radius 1 is 1.19 bits per heavy atom. The van der Waals surface area contributed by atoms with Crippen LogP contribution in [0.5, 0.6) is 0 Å². The zero-order chi connectivity index (χ0) is 18.1. The molecule has 1 atom stereocenters. The van der Waals surface area contributed by atoms with Crippen LogP contribution in [0.4, 0.5) is 0 Å². The maximum atomic E-state index is 12.3. The van der Waals surface area contributed by atoms with Crippen LogP contribution >= 0.6 is 0 Å². The van der Waals surface area contributed by atoms with Crippen molar-refractivity contribution < 1.29 is 9.53 Å². The Morgan fingerprint density at radius 2 is 2.04 bits per heavy atom. The van der Waals surface area contributed by atoms with E-state index in [4.69, 9.17) is 4.74 Å². The summed E-state index contributed by atoms with van der Waals surface area (Å²) < 4.78 is 7.90. The number of carbonyl (C=O) groups is 1. The number of amides is 1. The highest BCUT2D eigenvalue weighted by Crippen LogP contribution is 2.32. The highest BCUT2D eigenvalue weighted by Gasteiger charge is 2.19. The fraction of sp³-hybridized carbons (Fsp3) is 0.333. The quantitative estimate of drug-likeness (QED) is 0.715. The lowest BCUT2D eigenvalue weighted by Gasteiger charge is -2.23. The third-order valence-corrected chi connectivity index (χ3v) is 4.90. The molecule has 5 nitrogen and oxygen atoms in total. The zero-order valence-corrected chi connectivity index (χ0v) is 15.2. The normalized spacial score (nSPS) is 17.4. The molecule has 134 valence electrons. The minimum Gasteiger partial charge on any atom is -0.356 e. The van der Waals surface area contributed by atoms with Crippen molar-refractivity contribution in [2.75, 3.05) is 20.7 Å². The van der Waals surface area contributed by atoms with Crippen LogP contribution in [0.2, 0.25) is 0 Å². The van der Waals surface area contributed by atoms with E-state index in [9.17, 15) is 4.79 Å².